The summed E-state index contributed by atoms with van der Waals surface area (Å²) in [5, 5.41) is 0.862. The Hall–Kier alpha value is -0.0800. The van der Waals surface area contributed by atoms with E-state index in [-0.39, 0.29) is 0 Å². The summed E-state index contributed by atoms with van der Waals surface area (Å²) in [7, 11) is 0. The molecule has 0 amide bonds. The Morgan fingerprint density at radius 2 is 1.92 bits per heavy atom. The molecule has 64 valence electrons. The summed E-state index contributed by atoms with van der Waals surface area (Å²) < 4.78 is 1.16. The summed E-state index contributed by atoms with van der Waals surface area (Å²) in [5.74, 6) is 0. The molecule has 0 aliphatic heterocycles. The van der Waals surface area contributed by atoms with Gasteiger partial charge >= 0.3 is 0 Å². The molecule has 12 heavy (non-hydrogen) atoms. The van der Waals surface area contributed by atoms with E-state index in [1.165, 1.54) is 11.1 Å². The van der Waals surface area contributed by atoms with Gasteiger partial charge in [0.2, 0.25) is 0 Å². The number of alkyl halides is 1. The topological polar surface area (TPSA) is 0 Å². The molecule has 0 nitrogen and oxygen atoms in total. The van der Waals surface area contributed by atoms with Gasteiger partial charge in [0, 0.05) is 9.81 Å². The van der Waals surface area contributed by atoms with Gasteiger partial charge < -0.3 is 0 Å². The summed E-state index contributed by atoms with van der Waals surface area (Å²) in [4.78, 5) is 0. The number of rotatable bonds is 2. The summed E-state index contributed by atoms with van der Waals surface area (Å²) >= 11 is 6.82. The van der Waals surface area contributed by atoms with E-state index in [0.29, 0.717) is 0 Å². The van der Waals surface area contributed by atoms with Gasteiger partial charge in [-0.15, -0.1) is 0 Å². The van der Waals surface area contributed by atoms with Gasteiger partial charge in [-0.1, -0.05) is 61.7 Å². The van der Waals surface area contributed by atoms with Crippen LogP contribution < -0.4 is 0 Å². The standard InChI is InChI=1S/C10H10Br2/c1-8-2-4-9(5-3-8)6-10(12)7-11/h2-6H,7H2,1H3/b10-6+. The fraction of sp³-hybridized carbons (Fsp3) is 0.200. The Morgan fingerprint density at radius 3 is 2.42 bits per heavy atom. The second-order valence-electron chi connectivity index (χ2n) is 2.64. The lowest BCUT2D eigenvalue weighted by atomic mass is 10.1. The minimum Gasteiger partial charge on any atom is -0.0870 e. The lowest BCUT2D eigenvalue weighted by Gasteiger charge is -1.95. The van der Waals surface area contributed by atoms with Crippen LogP contribution in [0, 0.1) is 6.92 Å². The zero-order valence-electron chi connectivity index (χ0n) is 6.85. The summed E-state index contributed by atoms with van der Waals surface area (Å²) in [6.07, 6.45) is 2.11. The maximum absolute atomic E-state index is 3.45. The highest BCUT2D eigenvalue weighted by molar-refractivity contribution is 9.13. The minimum absolute atomic E-state index is 0.862. The second kappa shape index (κ2) is 4.83. The van der Waals surface area contributed by atoms with Crippen LogP contribution in [0.25, 0.3) is 6.08 Å². The van der Waals surface area contributed by atoms with E-state index in [2.05, 4.69) is 69.1 Å². The quantitative estimate of drug-likeness (QED) is 0.718. The lowest BCUT2D eigenvalue weighted by molar-refractivity contribution is 1.46. The molecule has 0 heterocycles. The number of halogens is 2. The van der Waals surface area contributed by atoms with E-state index in [0.717, 1.165) is 9.81 Å². The number of hydrogen-bond donors (Lipinski definition) is 0. The predicted molar refractivity (Wildman–Crippen MR) is 61.9 cm³/mol. The van der Waals surface area contributed by atoms with E-state index in [4.69, 9.17) is 0 Å². The Morgan fingerprint density at radius 1 is 1.33 bits per heavy atom. The molecular weight excluding hydrogens is 280 g/mol. The van der Waals surface area contributed by atoms with Crippen LogP contribution in [0.3, 0.4) is 0 Å². The maximum Gasteiger partial charge on any atom is 0.0349 e. The molecule has 2 heteroatoms. The highest BCUT2D eigenvalue weighted by atomic mass is 79.9. The molecule has 0 radical (unpaired) electrons. The monoisotopic (exact) mass is 288 g/mol. The highest BCUT2D eigenvalue weighted by Gasteiger charge is 1.90. The molecule has 1 aromatic rings. The molecule has 0 aliphatic rings. The molecule has 0 aliphatic carbocycles. The molecule has 1 rings (SSSR count). The molecule has 1 aromatic carbocycles. The van der Waals surface area contributed by atoms with E-state index in [1.54, 1.807) is 0 Å². The van der Waals surface area contributed by atoms with Crippen molar-refractivity contribution in [2.45, 2.75) is 6.92 Å². The summed E-state index contributed by atoms with van der Waals surface area (Å²) in [5.41, 5.74) is 2.52. The molecule has 0 atom stereocenters. The fourth-order valence-corrected chi connectivity index (χ4v) is 1.31. The van der Waals surface area contributed by atoms with Crippen molar-refractivity contribution in [1.29, 1.82) is 0 Å². The van der Waals surface area contributed by atoms with Gasteiger partial charge in [0.1, 0.15) is 0 Å². The Balaban J connectivity index is 2.84. The van der Waals surface area contributed by atoms with Gasteiger partial charge in [-0.3, -0.25) is 0 Å². The van der Waals surface area contributed by atoms with Crippen LogP contribution in [0.4, 0.5) is 0 Å². The first-order chi connectivity index (χ1) is 5.72. The smallest absolute Gasteiger partial charge is 0.0349 e. The molecule has 0 N–H and O–H groups in total. The third-order valence-electron chi connectivity index (χ3n) is 1.53. The van der Waals surface area contributed by atoms with E-state index in [9.17, 15) is 0 Å². The third-order valence-corrected chi connectivity index (χ3v) is 3.39. The van der Waals surface area contributed by atoms with Gasteiger partial charge in [0.25, 0.3) is 0 Å². The molecule has 0 unspecified atom stereocenters. The largest absolute Gasteiger partial charge is 0.0870 e. The average Bonchev–Trinajstić information content (AvgIpc) is 2.09. The first-order valence-corrected chi connectivity index (χ1v) is 5.62. The molecule has 0 aromatic heterocycles. The highest BCUT2D eigenvalue weighted by Crippen LogP contribution is 2.14. The molecule has 0 saturated heterocycles. The number of aryl methyl sites for hydroxylation is 1. The van der Waals surface area contributed by atoms with Gasteiger partial charge in [0.15, 0.2) is 0 Å². The van der Waals surface area contributed by atoms with Crippen molar-refractivity contribution in [3.8, 4) is 0 Å². The van der Waals surface area contributed by atoms with Crippen LogP contribution in [0.1, 0.15) is 11.1 Å². The van der Waals surface area contributed by atoms with Gasteiger partial charge in [-0.05, 0) is 18.6 Å². The molecule has 0 spiro atoms. The lowest BCUT2D eigenvalue weighted by Crippen LogP contribution is -1.76. The summed E-state index contributed by atoms with van der Waals surface area (Å²) in [6.45, 7) is 2.09. The van der Waals surface area contributed by atoms with Crippen LogP contribution in [-0.4, -0.2) is 5.33 Å². The normalized spacial score (nSPS) is 11.8. The first kappa shape index (κ1) is 10.0. The van der Waals surface area contributed by atoms with Crippen LogP contribution in [0.15, 0.2) is 28.7 Å². The fourth-order valence-electron chi connectivity index (χ4n) is 0.882. The Bertz CT molecular complexity index is 272. The number of allylic oxidation sites excluding steroid dienone is 1. The van der Waals surface area contributed by atoms with Crippen molar-refractivity contribution < 1.29 is 0 Å². The van der Waals surface area contributed by atoms with Crippen molar-refractivity contribution in [1.82, 2.24) is 0 Å². The van der Waals surface area contributed by atoms with Gasteiger partial charge in [0.05, 0.1) is 0 Å². The number of hydrogen-bond acceptors (Lipinski definition) is 0. The maximum atomic E-state index is 3.45. The first-order valence-electron chi connectivity index (χ1n) is 3.71. The predicted octanol–water partition coefficient (Wildman–Crippen LogP) is 4.13. The number of benzene rings is 1. The van der Waals surface area contributed by atoms with Crippen LogP contribution in [-0.2, 0) is 0 Å². The second-order valence-corrected chi connectivity index (χ2v) is 4.21. The van der Waals surface area contributed by atoms with Gasteiger partial charge in [-0.25, -0.2) is 0 Å². The van der Waals surface area contributed by atoms with Crippen LogP contribution in [0.5, 0.6) is 0 Å². The SMILES string of the molecule is Cc1ccc(/C=C(/Br)CBr)cc1. The third kappa shape index (κ3) is 3.11. The minimum atomic E-state index is 0.862. The zero-order chi connectivity index (χ0) is 8.97. The molecule has 0 bridgehead atoms. The van der Waals surface area contributed by atoms with E-state index in [1.807, 2.05) is 0 Å². The van der Waals surface area contributed by atoms with Crippen molar-refractivity contribution in [2.24, 2.45) is 0 Å². The van der Waals surface area contributed by atoms with Crippen molar-refractivity contribution in [3.63, 3.8) is 0 Å². The van der Waals surface area contributed by atoms with Crippen LogP contribution >= 0.6 is 31.9 Å². The Labute approximate surface area is 89.9 Å². The molecular formula is C10H10Br2. The van der Waals surface area contributed by atoms with Crippen molar-refractivity contribution >= 4 is 37.9 Å². The summed E-state index contributed by atoms with van der Waals surface area (Å²) in [6, 6.07) is 8.44. The van der Waals surface area contributed by atoms with E-state index < -0.39 is 0 Å². The average molecular weight is 290 g/mol. The zero-order valence-corrected chi connectivity index (χ0v) is 10.0. The van der Waals surface area contributed by atoms with Crippen LogP contribution in [0.2, 0.25) is 0 Å². The van der Waals surface area contributed by atoms with Crippen molar-refractivity contribution in [2.75, 3.05) is 5.33 Å². The van der Waals surface area contributed by atoms with Crippen molar-refractivity contribution in [3.05, 3.63) is 39.9 Å². The Kier molecular flexibility index (Phi) is 4.02. The molecule has 0 fully saturated rings. The van der Waals surface area contributed by atoms with Gasteiger partial charge in [-0.2, -0.15) is 0 Å². The van der Waals surface area contributed by atoms with E-state index >= 15 is 0 Å². The molecule has 0 saturated carbocycles.